The molecule has 1 saturated carbocycles. The molecule has 5 nitrogen and oxygen atoms in total. The predicted octanol–water partition coefficient (Wildman–Crippen LogP) is 2.38. The van der Waals surface area contributed by atoms with Gasteiger partial charge in [-0.1, -0.05) is 18.2 Å². The molecule has 2 aliphatic rings. The smallest absolute Gasteiger partial charge is 0.227 e. The zero-order valence-corrected chi connectivity index (χ0v) is 14.1. The second kappa shape index (κ2) is 6.78. The summed E-state index contributed by atoms with van der Waals surface area (Å²) in [6, 6.07) is 10.5. The lowest BCUT2D eigenvalue weighted by Crippen LogP contribution is -2.49. The fourth-order valence-corrected chi connectivity index (χ4v) is 3.20. The van der Waals surface area contributed by atoms with Crippen molar-refractivity contribution in [3.63, 3.8) is 0 Å². The van der Waals surface area contributed by atoms with E-state index in [0.717, 1.165) is 24.6 Å². The van der Waals surface area contributed by atoms with E-state index in [-0.39, 0.29) is 18.1 Å². The summed E-state index contributed by atoms with van der Waals surface area (Å²) in [6.45, 7) is 2.69. The molecule has 2 fully saturated rings. The van der Waals surface area contributed by atoms with Crippen LogP contribution >= 0.6 is 0 Å². The molecular formula is C19H21FN4O. The molecule has 0 N–H and O–H groups in total. The first kappa shape index (κ1) is 16.0. The van der Waals surface area contributed by atoms with Gasteiger partial charge >= 0.3 is 0 Å². The van der Waals surface area contributed by atoms with E-state index in [1.807, 2.05) is 6.07 Å². The second-order valence-electron chi connectivity index (χ2n) is 6.73. The van der Waals surface area contributed by atoms with Crippen LogP contribution in [0.15, 0.2) is 36.4 Å². The number of benzene rings is 1. The fraction of sp³-hybridized carbons (Fsp3) is 0.421. The minimum atomic E-state index is -0.319. The largest absolute Gasteiger partial charge is 0.352 e. The number of piperazine rings is 1. The molecule has 1 aliphatic carbocycles. The van der Waals surface area contributed by atoms with Gasteiger partial charge in [0.25, 0.3) is 0 Å². The number of rotatable bonds is 4. The quantitative estimate of drug-likeness (QED) is 0.857. The molecule has 0 spiro atoms. The van der Waals surface area contributed by atoms with Crippen molar-refractivity contribution in [3.8, 4) is 0 Å². The lowest BCUT2D eigenvalue weighted by atomic mass is 10.1. The Morgan fingerprint density at radius 2 is 1.80 bits per heavy atom. The summed E-state index contributed by atoms with van der Waals surface area (Å²) in [4.78, 5) is 16.4. The summed E-state index contributed by atoms with van der Waals surface area (Å²) in [7, 11) is 0. The lowest BCUT2D eigenvalue weighted by molar-refractivity contribution is -0.130. The molecule has 130 valence electrons. The zero-order valence-electron chi connectivity index (χ0n) is 14.1. The van der Waals surface area contributed by atoms with E-state index >= 15 is 0 Å². The average molecular weight is 340 g/mol. The number of hydrogen-bond donors (Lipinski definition) is 0. The Balaban J connectivity index is 1.33. The van der Waals surface area contributed by atoms with Crippen LogP contribution in [0, 0.1) is 5.82 Å². The molecule has 6 heteroatoms. The van der Waals surface area contributed by atoms with Crippen molar-refractivity contribution in [3.05, 3.63) is 53.5 Å². The summed E-state index contributed by atoms with van der Waals surface area (Å²) in [5.74, 6) is 1.13. The first-order valence-corrected chi connectivity index (χ1v) is 8.80. The van der Waals surface area contributed by atoms with Gasteiger partial charge in [-0.2, -0.15) is 5.10 Å². The van der Waals surface area contributed by atoms with Gasteiger partial charge in [0, 0.05) is 32.1 Å². The maximum atomic E-state index is 13.7. The first-order valence-electron chi connectivity index (χ1n) is 8.80. The molecule has 25 heavy (non-hydrogen) atoms. The maximum Gasteiger partial charge on any atom is 0.227 e. The summed E-state index contributed by atoms with van der Waals surface area (Å²) in [5, 5.41) is 8.66. The van der Waals surface area contributed by atoms with Gasteiger partial charge in [-0.25, -0.2) is 4.39 Å². The van der Waals surface area contributed by atoms with Gasteiger partial charge in [0.2, 0.25) is 5.91 Å². The van der Waals surface area contributed by atoms with Crippen LogP contribution in [0.5, 0.6) is 0 Å². The SMILES string of the molecule is O=C(Cc1ccccc1F)N1CCN(c2ccc(C3CC3)nn2)CC1. The monoisotopic (exact) mass is 340 g/mol. The zero-order chi connectivity index (χ0) is 17.2. The van der Waals surface area contributed by atoms with Crippen LogP contribution in [-0.4, -0.2) is 47.2 Å². The number of carbonyl (C=O) groups excluding carboxylic acids is 1. The minimum absolute atomic E-state index is 0.0279. The predicted molar refractivity (Wildman–Crippen MR) is 92.9 cm³/mol. The van der Waals surface area contributed by atoms with Crippen molar-refractivity contribution in [2.24, 2.45) is 0 Å². The summed E-state index contributed by atoms with van der Waals surface area (Å²) < 4.78 is 13.7. The van der Waals surface area contributed by atoms with E-state index in [1.165, 1.54) is 18.9 Å². The third kappa shape index (κ3) is 3.62. The highest BCUT2D eigenvalue weighted by Gasteiger charge is 2.26. The third-order valence-corrected chi connectivity index (χ3v) is 4.92. The van der Waals surface area contributed by atoms with Crippen molar-refractivity contribution < 1.29 is 9.18 Å². The molecule has 0 bridgehead atoms. The van der Waals surface area contributed by atoms with Gasteiger partial charge in [-0.05, 0) is 36.6 Å². The van der Waals surface area contributed by atoms with Crippen LogP contribution in [0.2, 0.25) is 0 Å². The number of aromatic nitrogens is 2. The average Bonchev–Trinajstić information content (AvgIpc) is 3.49. The number of carbonyl (C=O) groups is 1. The molecule has 4 rings (SSSR count). The Hall–Kier alpha value is -2.50. The number of hydrogen-bond acceptors (Lipinski definition) is 4. The first-order chi connectivity index (χ1) is 12.2. The Morgan fingerprint density at radius 3 is 2.44 bits per heavy atom. The molecule has 1 amide bonds. The van der Waals surface area contributed by atoms with Gasteiger partial charge in [-0.15, -0.1) is 5.10 Å². The highest BCUT2D eigenvalue weighted by atomic mass is 19.1. The van der Waals surface area contributed by atoms with Crippen LogP contribution < -0.4 is 4.90 Å². The molecular weight excluding hydrogens is 319 g/mol. The number of nitrogens with zero attached hydrogens (tertiary/aromatic N) is 4. The van der Waals surface area contributed by atoms with Crippen LogP contribution in [-0.2, 0) is 11.2 Å². The van der Waals surface area contributed by atoms with Crippen LogP contribution in [0.1, 0.15) is 30.0 Å². The number of amides is 1. The van der Waals surface area contributed by atoms with Gasteiger partial charge in [0.05, 0.1) is 12.1 Å². The molecule has 0 unspecified atom stereocenters. The molecule has 1 aliphatic heterocycles. The molecule has 2 heterocycles. The Bertz CT molecular complexity index is 752. The Morgan fingerprint density at radius 1 is 1.04 bits per heavy atom. The molecule has 0 radical (unpaired) electrons. The Kier molecular flexibility index (Phi) is 4.34. The number of halogens is 1. The van der Waals surface area contributed by atoms with Crippen molar-refractivity contribution in [2.75, 3.05) is 31.1 Å². The van der Waals surface area contributed by atoms with Gasteiger partial charge in [0.15, 0.2) is 5.82 Å². The lowest BCUT2D eigenvalue weighted by Gasteiger charge is -2.35. The normalized spacial score (nSPS) is 17.6. The van der Waals surface area contributed by atoms with E-state index in [2.05, 4.69) is 21.2 Å². The van der Waals surface area contributed by atoms with E-state index in [9.17, 15) is 9.18 Å². The highest BCUT2D eigenvalue weighted by molar-refractivity contribution is 5.79. The fourth-order valence-electron chi connectivity index (χ4n) is 3.20. The molecule has 1 saturated heterocycles. The van der Waals surface area contributed by atoms with Crippen molar-refractivity contribution in [1.29, 1.82) is 0 Å². The maximum absolute atomic E-state index is 13.7. The van der Waals surface area contributed by atoms with Crippen LogP contribution in [0.4, 0.5) is 10.2 Å². The summed E-state index contributed by atoms with van der Waals surface area (Å²) in [5.41, 5.74) is 1.54. The molecule has 1 aromatic heterocycles. The highest BCUT2D eigenvalue weighted by Crippen LogP contribution is 2.38. The number of anilines is 1. The van der Waals surface area contributed by atoms with Crippen LogP contribution in [0.25, 0.3) is 0 Å². The van der Waals surface area contributed by atoms with Gasteiger partial charge in [-0.3, -0.25) is 4.79 Å². The van der Waals surface area contributed by atoms with Crippen molar-refractivity contribution in [2.45, 2.75) is 25.2 Å². The minimum Gasteiger partial charge on any atom is -0.352 e. The van der Waals surface area contributed by atoms with Crippen molar-refractivity contribution >= 4 is 11.7 Å². The van der Waals surface area contributed by atoms with E-state index in [4.69, 9.17) is 0 Å². The summed E-state index contributed by atoms with van der Waals surface area (Å²) in [6.07, 6.45) is 2.55. The third-order valence-electron chi connectivity index (χ3n) is 4.92. The van der Waals surface area contributed by atoms with Crippen molar-refractivity contribution in [1.82, 2.24) is 15.1 Å². The van der Waals surface area contributed by atoms with Crippen LogP contribution in [0.3, 0.4) is 0 Å². The molecule has 2 aromatic rings. The Labute approximate surface area is 146 Å². The van der Waals surface area contributed by atoms with Gasteiger partial charge in [0.1, 0.15) is 5.82 Å². The topological polar surface area (TPSA) is 49.3 Å². The van der Waals surface area contributed by atoms with Gasteiger partial charge < -0.3 is 9.80 Å². The molecule has 1 aromatic carbocycles. The summed E-state index contributed by atoms with van der Waals surface area (Å²) >= 11 is 0. The van der Waals surface area contributed by atoms with E-state index in [0.29, 0.717) is 24.6 Å². The molecule has 0 atom stereocenters. The second-order valence-corrected chi connectivity index (χ2v) is 6.73. The standard InChI is InChI=1S/C19H21FN4O/c20-16-4-2-1-3-15(16)13-19(25)24-11-9-23(10-12-24)18-8-7-17(21-22-18)14-5-6-14/h1-4,7-8,14H,5-6,9-13H2. The van der Waals surface area contributed by atoms with E-state index in [1.54, 1.807) is 23.1 Å². The van der Waals surface area contributed by atoms with E-state index < -0.39 is 0 Å².